The van der Waals surface area contributed by atoms with Gasteiger partial charge in [0.05, 0.1) is 12.4 Å². The van der Waals surface area contributed by atoms with Crippen LogP contribution in [-0.2, 0) is 0 Å². The highest BCUT2D eigenvalue weighted by molar-refractivity contribution is 5.52. The van der Waals surface area contributed by atoms with E-state index in [4.69, 9.17) is 4.74 Å². The number of hydrogen-bond acceptors (Lipinski definition) is 7. The lowest BCUT2D eigenvalue weighted by molar-refractivity contribution is -0.0528. The Morgan fingerprint density at radius 3 is 2.96 bits per heavy atom. The summed E-state index contributed by atoms with van der Waals surface area (Å²) in [6, 6.07) is 1.32. The zero-order chi connectivity index (χ0) is 18.1. The molecule has 2 N–H and O–H groups in total. The molecule has 1 atom stereocenters. The third kappa shape index (κ3) is 3.69. The van der Waals surface area contributed by atoms with E-state index >= 15 is 0 Å². The fourth-order valence-electron chi connectivity index (χ4n) is 3.45. The Hall–Kier alpha value is -2.49. The van der Waals surface area contributed by atoms with E-state index in [1.807, 2.05) is 0 Å². The van der Waals surface area contributed by atoms with Crippen LogP contribution in [0.15, 0.2) is 18.5 Å². The van der Waals surface area contributed by atoms with Crippen molar-refractivity contribution in [3.05, 3.63) is 18.5 Å². The highest BCUT2D eigenvalue weighted by atomic mass is 19.3. The van der Waals surface area contributed by atoms with E-state index in [0.717, 1.165) is 19.5 Å². The van der Waals surface area contributed by atoms with E-state index in [9.17, 15) is 8.78 Å². The molecule has 0 aromatic carbocycles. The average Bonchev–Trinajstić information content (AvgIpc) is 3.21. The number of alkyl halides is 2. The number of rotatable bonds is 6. The Labute approximate surface area is 148 Å². The quantitative estimate of drug-likeness (QED) is 0.812. The van der Waals surface area contributed by atoms with Crippen molar-refractivity contribution >= 4 is 11.6 Å². The van der Waals surface area contributed by atoms with Crippen LogP contribution < -0.4 is 14.8 Å². The van der Waals surface area contributed by atoms with Gasteiger partial charge in [-0.1, -0.05) is 0 Å². The number of H-pyrrole nitrogens is 1. The molecule has 1 saturated heterocycles. The molecule has 3 heterocycles. The lowest BCUT2D eigenvalue weighted by Gasteiger charge is -2.36. The van der Waals surface area contributed by atoms with Gasteiger partial charge in [-0.25, -0.2) is 5.10 Å². The fourth-order valence-corrected chi connectivity index (χ4v) is 3.45. The van der Waals surface area contributed by atoms with Crippen molar-refractivity contribution in [1.82, 2.24) is 25.1 Å². The van der Waals surface area contributed by atoms with Crippen LogP contribution in [-0.4, -0.2) is 57.9 Å². The number of ether oxygens (including phenoxy) is 2. The second kappa shape index (κ2) is 6.67. The van der Waals surface area contributed by atoms with E-state index in [1.165, 1.54) is 25.1 Å². The molecule has 0 amide bonds. The molecule has 2 fully saturated rings. The summed E-state index contributed by atoms with van der Waals surface area (Å²) < 4.78 is 34.7. The summed E-state index contributed by atoms with van der Waals surface area (Å²) in [5, 5.41) is 9.09. The number of halogens is 2. The summed E-state index contributed by atoms with van der Waals surface area (Å²) in [5.41, 5.74) is 0.238. The molecular weight excluding hydrogens is 346 g/mol. The molecular formula is C16H20F2N6O2. The zero-order valence-electron chi connectivity index (χ0n) is 14.3. The van der Waals surface area contributed by atoms with Gasteiger partial charge in [0.2, 0.25) is 11.8 Å². The van der Waals surface area contributed by atoms with Gasteiger partial charge in [0.25, 0.3) is 0 Å². The number of likely N-dealkylation sites (tertiary alicyclic amines) is 1. The van der Waals surface area contributed by atoms with Crippen molar-refractivity contribution < 1.29 is 18.3 Å². The van der Waals surface area contributed by atoms with Gasteiger partial charge in [-0.3, -0.25) is 4.98 Å². The van der Waals surface area contributed by atoms with Crippen LogP contribution in [0, 0.1) is 5.41 Å². The minimum Gasteiger partial charge on any atom is -0.473 e. The molecule has 26 heavy (non-hydrogen) atoms. The Kier molecular flexibility index (Phi) is 4.35. The molecule has 0 radical (unpaired) electrons. The number of anilines is 2. The van der Waals surface area contributed by atoms with Gasteiger partial charge in [-0.15, -0.1) is 0 Å². The third-order valence-electron chi connectivity index (χ3n) is 4.84. The maximum absolute atomic E-state index is 12.2. The first kappa shape index (κ1) is 17.0. The minimum atomic E-state index is -2.91. The maximum Gasteiger partial charge on any atom is 0.388 e. The minimum absolute atomic E-state index is 0.134. The standard InChI is InChI=1S/C16H20F2N6O2/c1-24-5-2-10(16(9-24)3-4-16)25-14-8-19-7-12(21-14)20-11-6-13(23-22-11)26-15(17)18/h6-8,10,15H,2-5,9H2,1H3,(H2,20,21,22,23)/t10-/m0/s1. The number of nitrogens with zero attached hydrogens (tertiary/aromatic N) is 4. The molecule has 0 bridgehead atoms. The third-order valence-corrected chi connectivity index (χ3v) is 4.84. The molecule has 1 aliphatic carbocycles. The number of aromatic amines is 1. The van der Waals surface area contributed by atoms with Crippen LogP contribution in [0.2, 0.25) is 0 Å². The molecule has 8 nitrogen and oxygen atoms in total. The number of piperidine rings is 1. The summed E-state index contributed by atoms with van der Waals surface area (Å²) in [5.74, 6) is 1.01. The van der Waals surface area contributed by atoms with Crippen LogP contribution in [0.5, 0.6) is 11.8 Å². The predicted molar refractivity (Wildman–Crippen MR) is 88.7 cm³/mol. The first-order chi connectivity index (χ1) is 12.5. The molecule has 10 heteroatoms. The van der Waals surface area contributed by atoms with Crippen molar-refractivity contribution in [2.75, 3.05) is 25.5 Å². The number of hydrogen-bond donors (Lipinski definition) is 2. The van der Waals surface area contributed by atoms with Gasteiger partial charge >= 0.3 is 6.61 Å². The normalized spacial score (nSPS) is 21.8. The van der Waals surface area contributed by atoms with Gasteiger partial charge in [0, 0.05) is 24.6 Å². The Bertz CT molecular complexity index is 767. The summed E-state index contributed by atoms with van der Waals surface area (Å²) >= 11 is 0. The van der Waals surface area contributed by atoms with E-state index < -0.39 is 6.61 Å². The second-order valence-electron chi connectivity index (χ2n) is 6.86. The van der Waals surface area contributed by atoms with Crippen LogP contribution in [0.3, 0.4) is 0 Å². The van der Waals surface area contributed by atoms with Gasteiger partial charge in [0.15, 0.2) is 11.6 Å². The molecule has 2 aromatic heterocycles. The van der Waals surface area contributed by atoms with Crippen molar-refractivity contribution in [1.29, 1.82) is 0 Å². The molecule has 4 rings (SSSR count). The summed E-state index contributed by atoms with van der Waals surface area (Å²) in [6.07, 6.45) is 6.54. The largest absolute Gasteiger partial charge is 0.473 e. The highest BCUT2D eigenvalue weighted by Crippen LogP contribution is 2.53. The van der Waals surface area contributed by atoms with Crippen molar-refractivity contribution in [2.24, 2.45) is 5.41 Å². The summed E-state index contributed by atoms with van der Waals surface area (Å²) in [6.45, 7) is -0.870. The topological polar surface area (TPSA) is 88.2 Å². The Balaban J connectivity index is 1.41. The molecule has 0 unspecified atom stereocenters. The van der Waals surface area contributed by atoms with Crippen LogP contribution in [0.25, 0.3) is 0 Å². The van der Waals surface area contributed by atoms with E-state index in [-0.39, 0.29) is 17.4 Å². The zero-order valence-corrected chi connectivity index (χ0v) is 14.3. The van der Waals surface area contributed by atoms with Crippen LogP contribution >= 0.6 is 0 Å². The van der Waals surface area contributed by atoms with Gasteiger partial charge in [-0.2, -0.15) is 18.9 Å². The van der Waals surface area contributed by atoms with Gasteiger partial charge in [0.1, 0.15) is 6.10 Å². The smallest absolute Gasteiger partial charge is 0.388 e. The molecule has 2 aromatic rings. The first-order valence-corrected chi connectivity index (χ1v) is 8.47. The molecule has 1 saturated carbocycles. The van der Waals surface area contributed by atoms with Crippen LogP contribution in [0.4, 0.5) is 20.4 Å². The van der Waals surface area contributed by atoms with E-state index in [1.54, 1.807) is 6.20 Å². The Morgan fingerprint density at radius 2 is 2.19 bits per heavy atom. The monoisotopic (exact) mass is 366 g/mol. The first-order valence-electron chi connectivity index (χ1n) is 8.47. The maximum atomic E-state index is 12.2. The van der Waals surface area contributed by atoms with Crippen molar-refractivity contribution in [3.63, 3.8) is 0 Å². The lowest BCUT2D eigenvalue weighted by atomic mass is 9.92. The second-order valence-corrected chi connectivity index (χ2v) is 6.86. The van der Waals surface area contributed by atoms with Crippen molar-refractivity contribution in [3.8, 4) is 11.8 Å². The van der Waals surface area contributed by atoms with Gasteiger partial charge in [-0.05, 0) is 26.3 Å². The highest BCUT2D eigenvalue weighted by Gasteiger charge is 2.53. The van der Waals surface area contributed by atoms with Gasteiger partial charge < -0.3 is 19.7 Å². The fraction of sp³-hybridized carbons (Fsp3) is 0.562. The molecule has 140 valence electrons. The molecule has 1 spiro atoms. The summed E-state index contributed by atoms with van der Waals surface area (Å²) in [7, 11) is 2.14. The predicted octanol–water partition coefficient (Wildman–Crippen LogP) is 2.41. The number of aromatic nitrogens is 4. The van der Waals surface area contributed by atoms with Crippen molar-refractivity contribution in [2.45, 2.75) is 32.0 Å². The molecule has 2 aliphatic rings. The summed E-state index contributed by atoms with van der Waals surface area (Å²) in [4.78, 5) is 10.9. The SMILES string of the molecule is CN1CC[C@H](Oc2cncc(Nc3cc(OC(F)F)[nH]n3)n2)C2(CC2)C1. The Morgan fingerprint density at radius 1 is 1.35 bits per heavy atom. The van der Waals surface area contributed by atoms with E-state index in [0.29, 0.717) is 17.5 Å². The lowest BCUT2D eigenvalue weighted by Crippen LogP contribution is -2.45. The molecule has 1 aliphatic heterocycles. The number of nitrogens with one attached hydrogen (secondary N) is 2. The van der Waals surface area contributed by atoms with Crippen LogP contribution in [0.1, 0.15) is 19.3 Å². The average molecular weight is 366 g/mol. The van der Waals surface area contributed by atoms with E-state index in [2.05, 4.69) is 42.2 Å².